The summed E-state index contributed by atoms with van der Waals surface area (Å²) in [7, 11) is 0. The summed E-state index contributed by atoms with van der Waals surface area (Å²) in [4.78, 5) is 15.7. The van der Waals surface area contributed by atoms with E-state index in [2.05, 4.69) is 121 Å². The summed E-state index contributed by atoms with van der Waals surface area (Å²) < 4.78 is 0. The fourth-order valence-corrected chi connectivity index (χ4v) is 3.35. The van der Waals surface area contributed by atoms with E-state index in [1.807, 2.05) is 49.6 Å². The first-order valence-electron chi connectivity index (χ1n) is 14.1. The Morgan fingerprint density at radius 2 is 0.581 bits per heavy atom. The number of nitriles is 2. The van der Waals surface area contributed by atoms with Crippen LogP contribution in [0.4, 0.5) is 0 Å². The summed E-state index contributed by atoms with van der Waals surface area (Å²) in [6.07, 6.45) is 24.2. The van der Waals surface area contributed by atoms with E-state index in [1.54, 1.807) is 0 Å². The van der Waals surface area contributed by atoms with Crippen molar-refractivity contribution in [2.75, 3.05) is 0 Å². The zero-order valence-electron chi connectivity index (χ0n) is 25.7. The molecule has 0 N–H and O–H groups in total. The Hall–Kier alpha value is -3.49. The molecule has 0 atom stereocenters. The van der Waals surface area contributed by atoms with Gasteiger partial charge < -0.3 is 25.3 Å². The topological polar surface area (TPSA) is 99.1 Å². The molecule has 0 unspecified atom stereocenters. The van der Waals surface area contributed by atoms with E-state index in [9.17, 15) is 0 Å². The van der Waals surface area contributed by atoms with Crippen LogP contribution in [0.2, 0.25) is 0 Å². The van der Waals surface area contributed by atoms with Crippen molar-refractivity contribution in [3.05, 3.63) is 120 Å². The van der Waals surface area contributed by atoms with E-state index in [4.69, 9.17) is 10.5 Å². The van der Waals surface area contributed by atoms with Gasteiger partial charge in [0.2, 0.25) is 0 Å². The molecule has 0 aliphatic rings. The van der Waals surface area contributed by atoms with Gasteiger partial charge in [-0.3, -0.25) is 19.9 Å². The van der Waals surface area contributed by atoms with Gasteiger partial charge in [-0.25, -0.2) is 10.5 Å². The van der Waals surface area contributed by atoms with Gasteiger partial charge >= 0.3 is 16.5 Å². The molecule has 0 aromatic carbocycles. The van der Waals surface area contributed by atoms with Crippen LogP contribution in [0.3, 0.4) is 0 Å². The van der Waals surface area contributed by atoms with Crippen molar-refractivity contribution in [2.45, 2.75) is 79.1 Å². The summed E-state index contributed by atoms with van der Waals surface area (Å²) in [6, 6.07) is 16.5. The maximum atomic E-state index is 7.13. The Bertz CT molecular complexity index is 980. The molecule has 0 amide bonds. The van der Waals surface area contributed by atoms with E-state index in [-0.39, 0.29) is 16.5 Å². The van der Waals surface area contributed by atoms with E-state index < -0.39 is 0 Å². The molecule has 0 bridgehead atoms. The minimum atomic E-state index is 0. The maximum Gasteiger partial charge on any atom is 2.00 e. The van der Waals surface area contributed by atoms with Gasteiger partial charge in [-0.2, -0.15) is 0 Å². The third-order valence-corrected chi connectivity index (χ3v) is 5.15. The largest absolute Gasteiger partial charge is 2.00 e. The number of hydrogen-bond acceptors (Lipinski definition) is 8. The molecule has 0 aliphatic carbocycles. The molecule has 0 saturated heterocycles. The van der Waals surface area contributed by atoms with Gasteiger partial charge in [-0.15, -0.1) is 0 Å². The van der Waals surface area contributed by atoms with Crippen LogP contribution in [0.15, 0.2) is 98.1 Å². The summed E-state index contributed by atoms with van der Waals surface area (Å²) >= 11 is 7.40. The summed E-state index contributed by atoms with van der Waals surface area (Å²) in [5.74, 6) is 0. The second-order valence-corrected chi connectivity index (χ2v) is 8.97. The number of nitrogens with zero attached hydrogens (tertiary/aromatic N) is 6. The van der Waals surface area contributed by atoms with Crippen LogP contribution < -0.4 is 0 Å². The van der Waals surface area contributed by atoms with Crippen LogP contribution in [0.1, 0.15) is 75.6 Å². The van der Waals surface area contributed by atoms with Crippen LogP contribution in [0, 0.1) is 21.3 Å². The third kappa shape index (κ3) is 31.3. The Balaban J connectivity index is -0.000000464. The van der Waals surface area contributed by atoms with Crippen molar-refractivity contribution >= 4 is 25.3 Å². The monoisotopic (exact) mass is 658 g/mol. The van der Waals surface area contributed by atoms with E-state index in [0.29, 0.717) is 0 Å². The smallest absolute Gasteiger partial charge is 0.696 e. The standard InChI is InChI=1S/4C8H11N.2CHNS.Ni/c4*1-2-3-8-4-6-9-7-5-8;2*2-1-3;/h4*4-7H,2-3H2,1H3;2*3H;/q;;;;;;+2/p-2. The van der Waals surface area contributed by atoms with Gasteiger partial charge in [0.05, 0.1) is 0 Å². The first kappa shape index (κ1) is 44.0. The van der Waals surface area contributed by atoms with Crippen molar-refractivity contribution in [1.29, 1.82) is 10.5 Å². The normalized spacial score (nSPS) is 8.23. The molecule has 9 heteroatoms. The van der Waals surface area contributed by atoms with Gasteiger partial charge in [0.25, 0.3) is 0 Å². The molecule has 43 heavy (non-hydrogen) atoms. The van der Waals surface area contributed by atoms with Gasteiger partial charge in [-0.1, -0.05) is 64.2 Å². The molecular formula is C34H44N6NiS2. The van der Waals surface area contributed by atoms with E-state index >= 15 is 0 Å². The molecule has 0 spiro atoms. The first-order valence-corrected chi connectivity index (χ1v) is 15.0. The Kier molecular flexibility index (Phi) is 37.4. The Labute approximate surface area is 281 Å². The summed E-state index contributed by atoms with van der Waals surface area (Å²) in [5.41, 5.74) is 5.53. The molecule has 4 heterocycles. The van der Waals surface area contributed by atoms with Gasteiger partial charge in [0.1, 0.15) is 0 Å². The fraction of sp³-hybridized carbons (Fsp3) is 0.353. The van der Waals surface area contributed by atoms with Gasteiger partial charge in [0, 0.05) is 49.6 Å². The van der Waals surface area contributed by atoms with E-state index in [1.165, 1.54) is 84.4 Å². The number of hydrogen-bond donors (Lipinski definition) is 0. The number of pyridine rings is 4. The van der Waals surface area contributed by atoms with Crippen molar-refractivity contribution in [2.24, 2.45) is 0 Å². The van der Waals surface area contributed by atoms with Crippen LogP contribution in [0.5, 0.6) is 0 Å². The molecule has 232 valence electrons. The zero-order chi connectivity index (χ0) is 31.5. The molecule has 0 saturated carbocycles. The van der Waals surface area contributed by atoms with Crippen LogP contribution in [-0.2, 0) is 67.4 Å². The number of rotatable bonds is 8. The maximum absolute atomic E-state index is 7.13. The van der Waals surface area contributed by atoms with Crippen LogP contribution >= 0.6 is 0 Å². The Morgan fingerprint density at radius 3 is 0.698 bits per heavy atom. The van der Waals surface area contributed by atoms with Crippen molar-refractivity contribution in [1.82, 2.24) is 19.9 Å². The molecule has 4 aromatic heterocycles. The molecule has 4 aromatic rings. The minimum Gasteiger partial charge on any atom is -0.696 e. The third-order valence-electron chi connectivity index (χ3n) is 5.15. The second kappa shape index (κ2) is 36.5. The molecule has 0 fully saturated rings. The number of thiocyanates is 2. The molecule has 0 aliphatic heterocycles. The van der Waals surface area contributed by atoms with Crippen molar-refractivity contribution in [3.8, 4) is 10.8 Å². The SMILES string of the molecule is CCCc1ccncc1.CCCc1ccncc1.CCCc1ccncc1.CCCc1ccncc1.N#C[S-].N#C[S-].[Ni+2]. The summed E-state index contributed by atoms with van der Waals surface area (Å²) in [5, 5.41) is 16.9. The van der Waals surface area contributed by atoms with E-state index in [0.717, 1.165) is 0 Å². The predicted octanol–water partition coefficient (Wildman–Crippen LogP) is 8.16. The Morgan fingerprint density at radius 1 is 0.442 bits per heavy atom. The number of aromatic nitrogens is 4. The average molecular weight is 660 g/mol. The first-order chi connectivity index (χ1) is 20.6. The fourth-order valence-electron chi connectivity index (χ4n) is 3.35. The van der Waals surface area contributed by atoms with Crippen LogP contribution in [-0.4, -0.2) is 19.9 Å². The number of aryl methyl sites for hydroxylation is 4. The summed E-state index contributed by atoms with van der Waals surface area (Å²) in [6.45, 7) is 8.72. The quantitative estimate of drug-likeness (QED) is 0.106. The molecular weight excluding hydrogens is 615 g/mol. The van der Waals surface area contributed by atoms with Gasteiger partial charge in [0.15, 0.2) is 0 Å². The molecule has 4 rings (SSSR count). The van der Waals surface area contributed by atoms with Crippen molar-refractivity contribution < 1.29 is 16.5 Å². The van der Waals surface area contributed by atoms with Gasteiger partial charge in [-0.05, 0) is 96.5 Å². The molecule has 0 radical (unpaired) electrons. The average Bonchev–Trinajstić information content (AvgIpc) is 3.02. The van der Waals surface area contributed by atoms with Crippen LogP contribution in [0.25, 0.3) is 0 Å². The van der Waals surface area contributed by atoms with Crippen molar-refractivity contribution in [3.63, 3.8) is 0 Å². The zero-order valence-corrected chi connectivity index (χ0v) is 28.3. The predicted molar refractivity (Wildman–Crippen MR) is 179 cm³/mol. The molecule has 6 nitrogen and oxygen atoms in total. The second-order valence-electron chi connectivity index (χ2n) is 8.60. The minimum absolute atomic E-state index is 0.